The molecule has 0 aliphatic heterocycles. The Morgan fingerprint density at radius 3 is 2.45 bits per heavy atom. The van der Waals surface area contributed by atoms with Crippen LogP contribution in [0, 0.1) is 12.3 Å². The van der Waals surface area contributed by atoms with E-state index in [4.69, 9.17) is 11.6 Å². The molecule has 1 aromatic rings. The molecule has 0 aromatic carbocycles. The zero-order chi connectivity index (χ0) is 14.8. The fourth-order valence-corrected chi connectivity index (χ4v) is 2.99. The summed E-state index contributed by atoms with van der Waals surface area (Å²) in [6, 6.07) is 0. The highest BCUT2D eigenvalue weighted by Gasteiger charge is 2.27. The summed E-state index contributed by atoms with van der Waals surface area (Å²) in [5.74, 6) is 2.01. The van der Waals surface area contributed by atoms with Crippen molar-refractivity contribution in [1.29, 1.82) is 0 Å². The van der Waals surface area contributed by atoms with Crippen molar-refractivity contribution in [2.24, 2.45) is 5.41 Å². The van der Waals surface area contributed by atoms with Gasteiger partial charge in [0.15, 0.2) is 0 Å². The maximum Gasteiger partial charge on any atom is 0.137 e. The Labute approximate surface area is 127 Å². The molecule has 112 valence electrons. The molecule has 1 aliphatic carbocycles. The van der Waals surface area contributed by atoms with Crippen LogP contribution < -0.4 is 5.32 Å². The molecule has 0 radical (unpaired) electrons. The summed E-state index contributed by atoms with van der Waals surface area (Å²) in [5, 5.41) is 4.09. The van der Waals surface area contributed by atoms with Crippen molar-refractivity contribution in [1.82, 2.24) is 9.97 Å². The quantitative estimate of drug-likeness (QED) is 0.799. The molecule has 1 heterocycles. The molecule has 0 bridgehead atoms. The minimum Gasteiger partial charge on any atom is -0.369 e. The zero-order valence-corrected chi connectivity index (χ0v) is 13.8. The van der Waals surface area contributed by atoms with Gasteiger partial charge in [0.2, 0.25) is 0 Å². The fourth-order valence-electron chi connectivity index (χ4n) is 2.82. The highest BCUT2D eigenvalue weighted by Crippen LogP contribution is 2.36. The second-order valence-corrected chi connectivity index (χ2v) is 7.08. The van der Waals surface area contributed by atoms with Crippen LogP contribution in [0.3, 0.4) is 0 Å². The molecule has 1 N–H and O–H groups in total. The van der Waals surface area contributed by atoms with Gasteiger partial charge in [-0.25, -0.2) is 9.97 Å². The second kappa shape index (κ2) is 6.30. The minimum absolute atomic E-state index is 0.291. The van der Waals surface area contributed by atoms with Crippen LogP contribution in [-0.2, 0) is 0 Å². The predicted octanol–water partition coefficient (Wildman–Crippen LogP) is 4.94. The van der Waals surface area contributed by atoms with Gasteiger partial charge in [-0.05, 0) is 25.2 Å². The van der Waals surface area contributed by atoms with Crippen LogP contribution in [0.25, 0.3) is 0 Å². The van der Waals surface area contributed by atoms with E-state index < -0.39 is 0 Å². The largest absolute Gasteiger partial charge is 0.369 e. The van der Waals surface area contributed by atoms with E-state index in [1.54, 1.807) is 0 Å². The van der Waals surface area contributed by atoms with Crippen LogP contribution in [0.4, 0.5) is 5.82 Å². The molecule has 20 heavy (non-hydrogen) atoms. The third kappa shape index (κ3) is 3.63. The Bertz CT molecular complexity index is 465. The highest BCUT2D eigenvalue weighted by molar-refractivity contribution is 6.30. The van der Waals surface area contributed by atoms with E-state index in [1.165, 1.54) is 32.1 Å². The van der Waals surface area contributed by atoms with Gasteiger partial charge < -0.3 is 5.32 Å². The van der Waals surface area contributed by atoms with Gasteiger partial charge in [0.25, 0.3) is 0 Å². The molecule has 1 aliphatic rings. The molecule has 4 heteroatoms. The van der Waals surface area contributed by atoms with Gasteiger partial charge in [-0.3, -0.25) is 0 Å². The Morgan fingerprint density at radius 2 is 1.85 bits per heavy atom. The zero-order valence-electron chi connectivity index (χ0n) is 13.1. The summed E-state index contributed by atoms with van der Waals surface area (Å²) in [4.78, 5) is 9.00. The normalized spacial score (nSPS) is 18.3. The first-order chi connectivity index (χ1) is 9.41. The second-order valence-electron chi connectivity index (χ2n) is 6.73. The Balaban J connectivity index is 2.12. The van der Waals surface area contributed by atoms with E-state index in [0.29, 0.717) is 16.5 Å². The van der Waals surface area contributed by atoms with Crippen molar-refractivity contribution in [3.63, 3.8) is 0 Å². The van der Waals surface area contributed by atoms with Gasteiger partial charge in [-0.1, -0.05) is 51.6 Å². The van der Waals surface area contributed by atoms with Crippen molar-refractivity contribution in [3.8, 4) is 0 Å². The summed E-state index contributed by atoms with van der Waals surface area (Å²) in [5.41, 5.74) is 1.34. The average molecular weight is 296 g/mol. The highest BCUT2D eigenvalue weighted by atomic mass is 35.5. The smallest absolute Gasteiger partial charge is 0.137 e. The van der Waals surface area contributed by atoms with E-state index >= 15 is 0 Å². The first-order valence-corrected chi connectivity index (χ1v) is 8.07. The van der Waals surface area contributed by atoms with E-state index in [-0.39, 0.29) is 0 Å². The molecule has 1 fully saturated rings. The Kier molecular flexibility index (Phi) is 4.90. The lowest BCUT2D eigenvalue weighted by atomic mass is 9.76. The lowest BCUT2D eigenvalue weighted by Gasteiger charge is -2.34. The maximum atomic E-state index is 6.23. The first kappa shape index (κ1) is 15.6. The van der Waals surface area contributed by atoms with Crippen LogP contribution >= 0.6 is 11.6 Å². The third-order valence-corrected chi connectivity index (χ3v) is 4.73. The van der Waals surface area contributed by atoms with E-state index in [9.17, 15) is 0 Å². The topological polar surface area (TPSA) is 37.8 Å². The maximum absolute atomic E-state index is 6.23. The molecule has 2 rings (SSSR count). The number of hydrogen-bond acceptors (Lipinski definition) is 3. The van der Waals surface area contributed by atoms with Crippen LogP contribution in [0.2, 0.25) is 5.15 Å². The summed E-state index contributed by atoms with van der Waals surface area (Å²) in [6.07, 6.45) is 6.67. The van der Waals surface area contributed by atoms with Gasteiger partial charge in [-0.2, -0.15) is 0 Å². The summed E-state index contributed by atoms with van der Waals surface area (Å²) in [6.45, 7) is 9.51. The number of rotatable bonds is 4. The average Bonchev–Trinajstić information content (AvgIpc) is 2.41. The lowest BCUT2D eigenvalue weighted by Crippen LogP contribution is -2.29. The molecule has 0 saturated heterocycles. The minimum atomic E-state index is 0.291. The van der Waals surface area contributed by atoms with Crippen molar-refractivity contribution < 1.29 is 0 Å². The van der Waals surface area contributed by atoms with E-state index in [1.807, 2.05) is 6.92 Å². The number of halogens is 1. The third-order valence-electron chi connectivity index (χ3n) is 4.36. The predicted molar refractivity (Wildman–Crippen MR) is 85.5 cm³/mol. The van der Waals surface area contributed by atoms with Crippen LogP contribution in [-0.4, -0.2) is 16.5 Å². The molecule has 0 unspecified atom stereocenters. The molecular formula is C16H26ClN3. The Hall–Kier alpha value is -0.830. The summed E-state index contributed by atoms with van der Waals surface area (Å²) in [7, 11) is 0. The number of aromatic nitrogens is 2. The van der Waals surface area contributed by atoms with Crippen molar-refractivity contribution in [2.75, 3.05) is 11.9 Å². The summed E-state index contributed by atoms with van der Waals surface area (Å²) < 4.78 is 0. The van der Waals surface area contributed by atoms with Gasteiger partial charge in [-0.15, -0.1) is 0 Å². The number of anilines is 1. The van der Waals surface area contributed by atoms with Gasteiger partial charge >= 0.3 is 0 Å². The van der Waals surface area contributed by atoms with Crippen LogP contribution in [0.5, 0.6) is 0 Å². The molecule has 0 atom stereocenters. The van der Waals surface area contributed by atoms with Crippen LogP contribution in [0.15, 0.2) is 0 Å². The SMILES string of the molecule is Cc1c(Cl)nc(C(C)C)nc1NCC1(C)CCCCC1. The molecular weight excluding hydrogens is 270 g/mol. The van der Waals surface area contributed by atoms with Gasteiger partial charge in [0.05, 0.1) is 0 Å². The van der Waals surface area contributed by atoms with E-state index in [0.717, 1.165) is 23.8 Å². The number of hydrogen-bond donors (Lipinski definition) is 1. The summed E-state index contributed by atoms with van der Waals surface area (Å²) >= 11 is 6.23. The Morgan fingerprint density at radius 1 is 1.20 bits per heavy atom. The van der Waals surface area contributed by atoms with Crippen molar-refractivity contribution >= 4 is 17.4 Å². The van der Waals surface area contributed by atoms with Crippen molar-refractivity contribution in [3.05, 3.63) is 16.5 Å². The fraction of sp³-hybridized carbons (Fsp3) is 0.750. The number of nitrogens with one attached hydrogen (secondary N) is 1. The van der Waals surface area contributed by atoms with Gasteiger partial charge in [0, 0.05) is 18.0 Å². The molecule has 0 spiro atoms. The molecule has 1 saturated carbocycles. The first-order valence-electron chi connectivity index (χ1n) is 7.69. The molecule has 1 aromatic heterocycles. The molecule has 0 amide bonds. The lowest BCUT2D eigenvalue weighted by molar-refractivity contribution is 0.233. The van der Waals surface area contributed by atoms with Crippen LogP contribution in [0.1, 0.15) is 70.2 Å². The van der Waals surface area contributed by atoms with Crippen molar-refractivity contribution in [2.45, 2.75) is 65.7 Å². The standard InChI is InChI=1S/C16H26ClN3/c1-11(2)14-19-13(17)12(3)15(20-14)18-10-16(4)8-6-5-7-9-16/h11H,5-10H2,1-4H3,(H,18,19,20). The number of nitrogens with zero attached hydrogens (tertiary/aromatic N) is 2. The van der Waals surface area contributed by atoms with Gasteiger partial charge in [0.1, 0.15) is 16.8 Å². The van der Waals surface area contributed by atoms with E-state index in [2.05, 4.69) is 36.1 Å². The monoisotopic (exact) mass is 295 g/mol. The molecule has 3 nitrogen and oxygen atoms in total.